The summed E-state index contributed by atoms with van der Waals surface area (Å²) in [4.78, 5) is 16.7. The second-order valence-electron chi connectivity index (χ2n) is 7.46. The van der Waals surface area contributed by atoms with Gasteiger partial charge in [-0.25, -0.2) is 0 Å². The van der Waals surface area contributed by atoms with Crippen LogP contribution in [0.25, 0.3) is 0 Å². The van der Waals surface area contributed by atoms with E-state index in [0.29, 0.717) is 6.61 Å². The molecule has 2 aromatic carbocycles. The van der Waals surface area contributed by atoms with Gasteiger partial charge in [0.05, 0.1) is 6.61 Å². The van der Waals surface area contributed by atoms with E-state index in [0.717, 1.165) is 50.5 Å². The van der Waals surface area contributed by atoms with Gasteiger partial charge in [-0.2, -0.15) is 0 Å². The number of fused-ring (bicyclic) bond motifs is 1. The second-order valence-corrected chi connectivity index (χ2v) is 7.46. The Morgan fingerprint density at radius 2 is 1.68 bits per heavy atom. The number of hydrogen-bond acceptors (Lipinski definition) is 3. The first kappa shape index (κ1) is 20.4. The number of para-hydroxylation sites is 2. The summed E-state index contributed by atoms with van der Waals surface area (Å²) in [5.74, 6) is 1.10. The highest BCUT2D eigenvalue weighted by molar-refractivity contribution is 5.92. The van der Waals surface area contributed by atoms with Gasteiger partial charge in [-0.3, -0.25) is 9.69 Å². The van der Waals surface area contributed by atoms with Gasteiger partial charge in [0, 0.05) is 37.8 Å². The maximum absolute atomic E-state index is 12.3. The van der Waals surface area contributed by atoms with Crippen LogP contribution >= 0.6 is 0 Å². The number of rotatable bonds is 4. The zero-order valence-electron chi connectivity index (χ0n) is 17.2. The fourth-order valence-corrected chi connectivity index (χ4v) is 3.94. The molecule has 4 heteroatoms. The third-order valence-electron chi connectivity index (χ3n) is 5.33. The Morgan fingerprint density at radius 3 is 2.46 bits per heavy atom. The Kier molecular flexibility index (Phi) is 7.49. The lowest BCUT2D eigenvalue weighted by Gasteiger charge is -2.27. The molecule has 0 aliphatic carbocycles. The van der Waals surface area contributed by atoms with Crippen LogP contribution in [0, 0.1) is 0 Å². The maximum Gasteiger partial charge on any atom is 0.223 e. The lowest BCUT2D eigenvalue weighted by atomic mass is 10.1. The summed E-state index contributed by atoms with van der Waals surface area (Å²) in [6.07, 6.45) is 4.60. The Balaban J connectivity index is 1.88. The monoisotopic (exact) mass is 380 g/mol. The zero-order valence-corrected chi connectivity index (χ0v) is 17.2. The first-order valence-corrected chi connectivity index (χ1v) is 10.5. The minimum atomic E-state index is 0.125. The molecule has 0 spiro atoms. The molecule has 1 amide bonds. The summed E-state index contributed by atoms with van der Waals surface area (Å²) in [6.45, 7) is 7.91. The minimum absolute atomic E-state index is 0.125. The SMILES string of the molecule is CCOc1ccccc1CN1CCCCCCN(C(C)=O)c2ccccc2C1. The molecular weight excluding hydrogens is 348 g/mol. The fraction of sp³-hybridized carbons (Fsp3) is 0.458. The summed E-state index contributed by atoms with van der Waals surface area (Å²) >= 11 is 0. The van der Waals surface area contributed by atoms with E-state index < -0.39 is 0 Å². The van der Waals surface area contributed by atoms with Crippen LogP contribution in [0.4, 0.5) is 5.69 Å². The van der Waals surface area contributed by atoms with Gasteiger partial charge in [0.15, 0.2) is 0 Å². The van der Waals surface area contributed by atoms with Gasteiger partial charge in [0.25, 0.3) is 0 Å². The van der Waals surface area contributed by atoms with Crippen LogP contribution in [-0.4, -0.2) is 30.5 Å². The van der Waals surface area contributed by atoms with Gasteiger partial charge < -0.3 is 9.64 Å². The molecule has 2 aromatic rings. The standard InChI is InChI=1S/C24H32N2O2/c1-3-28-24-15-9-7-13-22(24)19-25-16-10-4-5-11-17-26(20(2)27)23-14-8-6-12-21(23)18-25/h6-9,12-15H,3-5,10-11,16-19H2,1-2H3. The molecule has 0 N–H and O–H groups in total. The first-order valence-electron chi connectivity index (χ1n) is 10.5. The van der Waals surface area contributed by atoms with E-state index in [1.807, 2.05) is 24.0 Å². The highest BCUT2D eigenvalue weighted by Crippen LogP contribution is 2.26. The summed E-state index contributed by atoms with van der Waals surface area (Å²) in [6, 6.07) is 16.7. The lowest BCUT2D eigenvalue weighted by molar-refractivity contribution is -0.116. The maximum atomic E-state index is 12.3. The molecule has 0 atom stereocenters. The van der Waals surface area contributed by atoms with Crippen LogP contribution in [0.15, 0.2) is 48.5 Å². The largest absolute Gasteiger partial charge is 0.494 e. The quantitative estimate of drug-likeness (QED) is 0.747. The molecule has 150 valence electrons. The number of benzene rings is 2. The van der Waals surface area contributed by atoms with Gasteiger partial charge >= 0.3 is 0 Å². The number of nitrogens with zero attached hydrogens (tertiary/aromatic N) is 2. The van der Waals surface area contributed by atoms with Crippen LogP contribution in [0.5, 0.6) is 5.75 Å². The molecule has 1 aliphatic rings. The van der Waals surface area contributed by atoms with Crippen molar-refractivity contribution in [2.45, 2.75) is 52.6 Å². The van der Waals surface area contributed by atoms with Crippen molar-refractivity contribution in [2.75, 3.05) is 24.6 Å². The predicted octanol–water partition coefficient (Wildman–Crippen LogP) is 5.01. The minimum Gasteiger partial charge on any atom is -0.494 e. The molecule has 4 nitrogen and oxygen atoms in total. The molecule has 0 bridgehead atoms. The summed E-state index contributed by atoms with van der Waals surface area (Å²) in [5.41, 5.74) is 3.49. The predicted molar refractivity (Wildman–Crippen MR) is 115 cm³/mol. The average Bonchev–Trinajstić information content (AvgIpc) is 2.73. The number of ether oxygens (including phenoxy) is 1. The summed E-state index contributed by atoms with van der Waals surface area (Å²) < 4.78 is 5.84. The molecule has 0 saturated carbocycles. The van der Waals surface area contributed by atoms with Crippen LogP contribution in [-0.2, 0) is 17.9 Å². The third kappa shape index (κ3) is 5.35. The van der Waals surface area contributed by atoms with E-state index >= 15 is 0 Å². The van der Waals surface area contributed by atoms with Gasteiger partial charge in [-0.1, -0.05) is 49.2 Å². The molecule has 0 unspecified atom stereocenters. The molecule has 3 rings (SSSR count). The number of hydrogen-bond donors (Lipinski definition) is 0. The van der Waals surface area contributed by atoms with Gasteiger partial charge in [0.1, 0.15) is 5.75 Å². The normalized spacial score (nSPS) is 16.1. The molecule has 28 heavy (non-hydrogen) atoms. The average molecular weight is 381 g/mol. The van der Waals surface area contributed by atoms with Crippen molar-refractivity contribution in [2.24, 2.45) is 0 Å². The number of amides is 1. The second kappa shape index (κ2) is 10.3. The van der Waals surface area contributed by atoms with Crippen molar-refractivity contribution in [3.63, 3.8) is 0 Å². The number of carbonyl (C=O) groups is 1. The van der Waals surface area contributed by atoms with E-state index in [1.54, 1.807) is 6.92 Å². The van der Waals surface area contributed by atoms with Gasteiger partial charge in [-0.05, 0) is 44.0 Å². The molecule has 0 saturated heterocycles. The fourth-order valence-electron chi connectivity index (χ4n) is 3.94. The molecular formula is C24H32N2O2. The van der Waals surface area contributed by atoms with Crippen molar-refractivity contribution in [3.05, 3.63) is 59.7 Å². The van der Waals surface area contributed by atoms with Crippen molar-refractivity contribution < 1.29 is 9.53 Å². The van der Waals surface area contributed by atoms with E-state index in [2.05, 4.69) is 41.3 Å². The van der Waals surface area contributed by atoms with E-state index in [-0.39, 0.29) is 5.91 Å². The highest BCUT2D eigenvalue weighted by atomic mass is 16.5. The topological polar surface area (TPSA) is 32.8 Å². The molecule has 1 aliphatic heterocycles. The van der Waals surface area contributed by atoms with Gasteiger partial charge in [0.2, 0.25) is 5.91 Å². The van der Waals surface area contributed by atoms with Crippen molar-refractivity contribution in [3.8, 4) is 5.75 Å². The molecule has 0 fully saturated rings. The zero-order chi connectivity index (χ0) is 19.8. The summed E-state index contributed by atoms with van der Waals surface area (Å²) in [5, 5.41) is 0. The van der Waals surface area contributed by atoms with Crippen molar-refractivity contribution in [1.29, 1.82) is 0 Å². The Bertz CT molecular complexity index is 775. The Morgan fingerprint density at radius 1 is 0.964 bits per heavy atom. The van der Waals surface area contributed by atoms with E-state index in [1.165, 1.54) is 24.0 Å². The van der Waals surface area contributed by atoms with Crippen molar-refractivity contribution in [1.82, 2.24) is 4.90 Å². The van der Waals surface area contributed by atoms with Gasteiger partial charge in [-0.15, -0.1) is 0 Å². The lowest BCUT2D eigenvalue weighted by Crippen LogP contribution is -2.31. The third-order valence-corrected chi connectivity index (χ3v) is 5.33. The molecule has 0 radical (unpaired) electrons. The smallest absolute Gasteiger partial charge is 0.223 e. The van der Waals surface area contributed by atoms with Crippen LogP contribution in [0.3, 0.4) is 0 Å². The number of anilines is 1. The van der Waals surface area contributed by atoms with Crippen LogP contribution < -0.4 is 9.64 Å². The number of carbonyl (C=O) groups excluding carboxylic acids is 1. The van der Waals surface area contributed by atoms with Crippen LogP contribution in [0.1, 0.15) is 50.7 Å². The Labute approximate surface area is 169 Å². The van der Waals surface area contributed by atoms with Crippen LogP contribution in [0.2, 0.25) is 0 Å². The molecule has 1 heterocycles. The van der Waals surface area contributed by atoms with Crippen molar-refractivity contribution >= 4 is 11.6 Å². The Hall–Kier alpha value is -2.33. The molecule has 0 aromatic heterocycles. The first-order chi connectivity index (χ1) is 13.7. The van der Waals surface area contributed by atoms with E-state index in [4.69, 9.17) is 4.74 Å². The van der Waals surface area contributed by atoms with E-state index in [9.17, 15) is 4.79 Å². The highest BCUT2D eigenvalue weighted by Gasteiger charge is 2.18. The summed E-state index contributed by atoms with van der Waals surface area (Å²) in [7, 11) is 0.